The van der Waals surface area contributed by atoms with E-state index in [0.717, 1.165) is 4.47 Å². The molecule has 0 saturated carbocycles. The van der Waals surface area contributed by atoms with E-state index in [1.807, 2.05) is 6.07 Å². The quantitative estimate of drug-likeness (QED) is 0.724. The zero-order valence-corrected chi connectivity index (χ0v) is 15.1. The molecule has 130 valence electrons. The van der Waals surface area contributed by atoms with Crippen molar-refractivity contribution >= 4 is 39.4 Å². The molecule has 0 aliphatic heterocycles. The highest BCUT2D eigenvalue weighted by molar-refractivity contribution is 9.10. The lowest BCUT2D eigenvalue weighted by Crippen LogP contribution is -2.35. The predicted octanol–water partition coefficient (Wildman–Crippen LogP) is 2.75. The van der Waals surface area contributed by atoms with E-state index in [-0.39, 0.29) is 6.54 Å². The van der Waals surface area contributed by atoms with Crippen molar-refractivity contribution in [1.82, 2.24) is 5.32 Å². The van der Waals surface area contributed by atoms with E-state index in [1.165, 1.54) is 6.92 Å². The molecule has 0 spiro atoms. The van der Waals surface area contributed by atoms with Gasteiger partial charge in [0.25, 0.3) is 11.8 Å². The summed E-state index contributed by atoms with van der Waals surface area (Å²) in [7, 11) is 0. The van der Waals surface area contributed by atoms with Gasteiger partial charge in [0.2, 0.25) is 0 Å². The van der Waals surface area contributed by atoms with Gasteiger partial charge in [-0.1, -0.05) is 34.1 Å². The Kier molecular flexibility index (Phi) is 6.71. The number of hydrogen-bond acceptors (Lipinski definition) is 4. The first-order valence-corrected chi connectivity index (χ1v) is 8.34. The van der Waals surface area contributed by atoms with Gasteiger partial charge in [0.15, 0.2) is 6.10 Å². The van der Waals surface area contributed by atoms with Crippen LogP contribution in [0, 0.1) is 0 Å². The summed E-state index contributed by atoms with van der Waals surface area (Å²) >= 11 is 3.28. The van der Waals surface area contributed by atoms with Crippen molar-refractivity contribution in [1.29, 1.82) is 0 Å². The van der Waals surface area contributed by atoms with Gasteiger partial charge < -0.3 is 15.4 Å². The Hall–Kier alpha value is -2.67. The third kappa shape index (κ3) is 6.04. The van der Waals surface area contributed by atoms with Crippen LogP contribution < -0.4 is 10.6 Å². The number of hydrogen-bond donors (Lipinski definition) is 2. The van der Waals surface area contributed by atoms with Crippen LogP contribution in [0.15, 0.2) is 59.1 Å². The molecule has 2 N–H and O–H groups in total. The van der Waals surface area contributed by atoms with Gasteiger partial charge in [-0.3, -0.25) is 14.4 Å². The standard InChI is InChI=1S/C18H17BrN2O4/c1-12(17(23)21-15-5-3-2-4-6-15)25-16(22)11-20-18(24)13-7-9-14(19)10-8-13/h2-10,12H,11H2,1H3,(H,20,24)(H,21,23)/t12-/m0/s1. The van der Waals surface area contributed by atoms with Gasteiger partial charge in [-0.05, 0) is 43.3 Å². The molecule has 1 atom stereocenters. The summed E-state index contributed by atoms with van der Waals surface area (Å²) in [5.74, 6) is -1.54. The highest BCUT2D eigenvalue weighted by Gasteiger charge is 2.18. The van der Waals surface area contributed by atoms with Gasteiger partial charge in [-0.15, -0.1) is 0 Å². The van der Waals surface area contributed by atoms with Crippen molar-refractivity contribution in [3.8, 4) is 0 Å². The van der Waals surface area contributed by atoms with Crippen LogP contribution in [0.25, 0.3) is 0 Å². The van der Waals surface area contributed by atoms with E-state index in [1.54, 1.807) is 48.5 Å². The molecule has 0 saturated heterocycles. The van der Waals surface area contributed by atoms with Gasteiger partial charge in [0.05, 0.1) is 0 Å². The van der Waals surface area contributed by atoms with E-state index in [9.17, 15) is 14.4 Å². The largest absolute Gasteiger partial charge is 0.451 e. The second-order valence-corrected chi connectivity index (χ2v) is 6.09. The molecule has 0 aliphatic carbocycles. The molecule has 0 heterocycles. The minimum atomic E-state index is -0.975. The average Bonchev–Trinajstić information content (AvgIpc) is 2.61. The summed E-state index contributed by atoms with van der Waals surface area (Å²) in [6, 6.07) is 15.5. The highest BCUT2D eigenvalue weighted by Crippen LogP contribution is 2.10. The van der Waals surface area contributed by atoms with Crippen molar-refractivity contribution in [3.63, 3.8) is 0 Å². The van der Waals surface area contributed by atoms with Crippen molar-refractivity contribution in [2.75, 3.05) is 11.9 Å². The average molecular weight is 405 g/mol. The first kappa shape index (κ1) is 18.7. The number of carbonyl (C=O) groups is 3. The van der Waals surface area contributed by atoms with Crippen LogP contribution in [0.3, 0.4) is 0 Å². The van der Waals surface area contributed by atoms with Crippen LogP contribution in [-0.4, -0.2) is 30.4 Å². The first-order valence-electron chi connectivity index (χ1n) is 7.55. The third-order valence-electron chi connectivity index (χ3n) is 3.22. The Morgan fingerprint density at radius 2 is 1.68 bits per heavy atom. The molecule has 2 amide bonds. The number of nitrogens with one attached hydrogen (secondary N) is 2. The SMILES string of the molecule is C[C@H](OC(=O)CNC(=O)c1ccc(Br)cc1)C(=O)Nc1ccccc1. The molecule has 0 fully saturated rings. The molecule has 0 bridgehead atoms. The molecule has 0 aromatic heterocycles. The van der Waals surface area contributed by atoms with E-state index in [0.29, 0.717) is 11.3 Å². The summed E-state index contributed by atoms with van der Waals surface area (Å²) in [5.41, 5.74) is 1.03. The summed E-state index contributed by atoms with van der Waals surface area (Å²) in [6.45, 7) is 1.14. The molecule has 0 radical (unpaired) electrons. The number of carbonyl (C=O) groups excluding carboxylic acids is 3. The second-order valence-electron chi connectivity index (χ2n) is 5.18. The molecular weight excluding hydrogens is 388 g/mol. The van der Waals surface area contributed by atoms with E-state index in [4.69, 9.17) is 4.74 Å². The Bertz CT molecular complexity index is 747. The minimum absolute atomic E-state index is 0.322. The molecule has 2 aromatic rings. The summed E-state index contributed by atoms with van der Waals surface area (Å²) < 4.78 is 5.87. The lowest BCUT2D eigenvalue weighted by atomic mass is 10.2. The smallest absolute Gasteiger partial charge is 0.326 e. The van der Waals surface area contributed by atoms with Crippen LogP contribution in [0.4, 0.5) is 5.69 Å². The zero-order valence-electron chi connectivity index (χ0n) is 13.5. The Morgan fingerprint density at radius 3 is 2.32 bits per heavy atom. The van der Waals surface area contributed by atoms with E-state index in [2.05, 4.69) is 26.6 Å². The zero-order chi connectivity index (χ0) is 18.2. The fourth-order valence-corrected chi connectivity index (χ4v) is 2.18. The normalized spacial score (nSPS) is 11.3. The lowest BCUT2D eigenvalue weighted by molar-refractivity contribution is -0.152. The number of halogens is 1. The van der Waals surface area contributed by atoms with Crippen LogP contribution in [0.1, 0.15) is 17.3 Å². The van der Waals surface area contributed by atoms with Crippen LogP contribution in [0.5, 0.6) is 0 Å². The lowest BCUT2D eigenvalue weighted by Gasteiger charge is -2.14. The molecule has 7 heteroatoms. The molecule has 6 nitrogen and oxygen atoms in total. The summed E-state index contributed by atoms with van der Waals surface area (Å²) in [6.07, 6.45) is -0.975. The van der Waals surface area contributed by atoms with E-state index >= 15 is 0 Å². The number of ether oxygens (including phenoxy) is 1. The van der Waals surface area contributed by atoms with Crippen LogP contribution in [0.2, 0.25) is 0 Å². The first-order chi connectivity index (χ1) is 12.0. The molecule has 2 aromatic carbocycles. The second kappa shape index (κ2) is 8.98. The minimum Gasteiger partial charge on any atom is -0.451 e. The fourth-order valence-electron chi connectivity index (χ4n) is 1.91. The third-order valence-corrected chi connectivity index (χ3v) is 3.75. The number of rotatable bonds is 6. The molecule has 25 heavy (non-hydrogen) atoms. The highest BCUT2D eigenvalue weighted by atomic mass is 79.9. The number of esters is 1. The maximum Gasteiger partial charge on any atom is 0.326 e. The van der Waals surface area contributed by atoms with Crippen molar-refractivity contribution in [2.45, 2.75) is 13.0 Å². The predicted molar refractivity (Wildman–Crippen MR) is 97.1 cm³/mol. The Morgan fingerprint density at radius 1 is 1.04 bits per heavy atom. The van der Waals surface area contributed by atoms with Crippen molar-refractivity contribution in [2.24, 2.45) is 0 Å². The Labute approximate surface area is 153 Å². The van der Waals surface area contributed by atoms with Gasteiger partial charge >= 0.3 is 5.97 Å². The topological polar surface area (TPSA) is 84.5 Å². The molecule has 0 unspecified atom stereocenters. The van der Waals surface area contributed by atoms with Crippen LogP contribution >= 0.6 is 15.9 Å². The van der Waals surface area contributed by atoms with Gasteiger partial charge in [-0.2, -0.15) is 0 Å². The summed E-state index contributed by atoms with van der Waals surface area (Å²) in [4.78, 5) is 35.6. The monoisotopic (exact) mass is 404 g/mol. The van der Waals surface area contributed by atoms with Gasteiger partial charge in [-0.25, -0.2) is 0 Å². The molecule has 0 aliphatic rings. The maximum absolute atomic E-state index is 12.0. The molecular formula is C18H17BrN2O4. The van der Waals surface area contributed by atoms with Gasteiger partial charge in [0.1, 0.15) is 6.54 Å². The fraction of sp³-hybridized carbons (Fsp3) is 0.167. The summed E-state index contributed by atoms with van der Waals surface area (Å²) in [5, 5.41) is 5.09. The van der Waals surface area contributed by atoms with E-state index < -0.39 is 23.9 Å². The van der Waals surface area contributed by atoms with Crippen LogP contribution in [-0.2, 0) is 14.3 Å². The number of para-hydroxylation sites is 1. The van der Waals surface area contributed by atoms with Crippen molar-refractivity contribution in [3.05, 3.63) is 64.6 Å². The molecule has 2 rings (SSSR count). The van der Waals surface area contributed by atoms with Crippen molar-refractivity contribution < 1.29 is 19.1 Å². The number of anilines is 1. The Balaban J connectivity index is 1.78. The number of benzene rings is 2. The maximum atomic E-state index is 12.0. The number of amides is 2. The van der Waals surface area contributed by atoms with Gasteiger partial charge in [0, 0.05) is 15.7 Å².